The molecule has 0 aromatic heterocycles. The van der Waals surface area contributed by atoms with Crippen molar-refractivity contribution in [2.24, 2.45) is 0 Å². The van der Waals surface area contributed by atoms with Gasteiger partial charge in [-0.05, 0) is 0 Å². The molecule has 0 saturated carbocycles. The van der Waals surface area contributed by atoms with Gasteiger partial charge < -0.3 is 5.11 Å². The van der Waals surface area contributed by atoms with E-state index in [9.17, 15) is 0 Å². The lowest BCUT2D eigenvalue weighted by atomic mass is 10.2. The van der Waals surface area contributed by atoms with Crippen molar-refractivity contribution in [1.29, 1.82) is 0 Å². The maximum atomic E-state index is 9.00. The summed E-state index contributed by atoms with van der Waals surface area (Å²) in [5, 5.41) is 7.42. The summed E-state index contributed by atoms with van der Waals surface area (Å²) in [5.41, 5.74) is 0. The summed E-state index contributed by atoms with van der Waals surface area (Å²) in [4.78, 5) is 9.00. The molecule has 2 heteroatoms. The zero-order chi connectivity index (χ0) is 12.6. The fourth-order valence-corrected chi connectivity index (χ4v) is 0.885. The molecule has 0 aliphatic carbocycles. The highest BCUT2D eigenvalue weighted by atomic mass is 16.4. The van der Waals surface area contributed by atoms with Gasteiger partial charge in [-0.3, -0.25) is 4.79 Å². The predicted octanol–water partition coefficient (Wildman–Crippen LogP) is 4.36. The first kappa shape index (κ1) is 17.1. The highest BCUT2D eigenvalue weighted by Crippen LogP contribution is 1.95. The third-order valence-electron chi connectivity index (χ3n) is 1.62. The Morgan fingerprint density at radius 3 is 1.19 bits per heavy atom. The van der Waals surface area contributed by atoms with Crippen molar-refractivity contribution in [3.05, 3.63) is 36.4 Å². The molecule has 0 heterocycles. The van der Waals surface area contributed by atoms with Crippen molar-refractivity contribution in [3.63, 3.8) is 0 Å². The number of carboxylic acid groups (broad SMARTS) is 1. The van der Waals surface area contributed by atoms with E-state index >= 15 is 0 Å². The van der Waals surface area contributed by atoms with Gasteiger partial charge in [0.2, 0.25) is 0 Å². The van der Waals surface area contributed by atoms with Crippen LogP contribution in [0, 0.1) is 0 Å². The molecule has 92 valence electrons. The second-order valence-electron chi connectivity index (χ2n) is 3.38. The Balaban J connectivity index is 0. The normalized spacial score (nSPS) is 7.94. The number of carbonyl (C=O) groups is 1. The molecule has 0 aliphatic heterocycles. The number of benzene rings is 1. The van der Waals surface area contributed by atoms with Gasteiger partial charge in [0, 0.05) is 6.92 Å². The van der Waals surface area contributed by atoms with Gasteiger partial charge in [0.15, 0.2) is 0 Å². The second kappa shape index (κ2) is 16.1. The molecule has 16 heavy (non-hydrogen) atoms. The summed E-state index contributed by atoms with van der Waals surface area (Å²) < 4.78 is 0. The van der Waals surface area contributed by atoms with Crippen LogP contribution in [0.2, 0.25) is 0 Å². The highest BCUT2D eigenvalue weighted by Gasteiger charge is 1.75. The maximum Gasteiger partial charge on any atom is 0.300 e. The predicted molar refractivity (Wildman–Crippen MR) is 69.6 cm³/mol. The molecule has 2 nitrogen and oxygen atoms in total. The SMILES string of the molecule is CC(=O)O.CCCCCC.c1ccccc1. The zero-order valence-electron chi connectivity index (χ0n) is 10.6. The number of carboxylic acids is 1. The summed E-state index contributed by atoms with van der Waals surface area (Å²) in [7, 11) is 0. The van der Waals surface area contributed by atoms with Crippen molar-refractivity contribution in [2.75, 3.05) is 0 Å². The monoisotopic (exact) mass is 224 g/mol. The van der Waals surface area contributed by atoms with Gasteiger partial charge in [-0.15, -0.1) is 0 Å². The largest absolute Gasteiger partial charge is 0.481 e. The molecule has 0 atom stereocenters. The highest BCUT2D eigenvalue weighted by molar-refractivity contribution is 5.62. The van der Waals surface area contributed by atoms with Gasteiger partial charge in [0.1, 0.15) is 0 Å². The topological polar surface area (TPSA) is 37.3 Å². The first-order valence-electron chi connectivity index (χ1n) is 5.84. The van der Waals surface area contributed by atoms with Crippen LogP contribution in [0.25, 0.3) is 0 Å². The fraction of sp³-hybridized carbons (Fsp3) is 0.500. The molecule has 0 amide bonds. The van der Waals surface area contributed by atoms with E-state index in [1.165, 1.54) is 25.7 Å². The minimum Gasteiger partial charge on any atom is -0.481 e. The van der Waals surface area contributed by atoms with Crippen LogP contribution in [-0.2, 0) is 4.79 Å². The molecule has 0 radical (unpaired) electrons. The molecule has 0 fully saturated rings. The molecule has 1 rings (SSSR count). The van der Waals surface area contributed by atoms with E-state index in [1.807, 2.05) is 36.4 Å². The Hall–Kier alpha value is -1.31. The van der Waals surface area contributed by atoms with Crippen LogP contribution in [0.4, 0.5) is 0 Å². The van der Waals surface area contributed by atoms with Gasteiger partial charge in [0.05, 0.1) is 0 Å². The van der Waals surface area contributed by atoms with E-state index in [4.69, 9.17) is 9.90 Å². The van der Waals surface area contributed by atoms with Crippen LogP contribution >= 0.6 is 0 Å². The summed E-state index contributed by atoms with van der Waals surface area (Å²) in [6.45, 7) is 5.55. The average molecular weight is 224 g/mol. The second-order valence-corrected chi connectivity index (χ2v) is 3.38. The smallest absolute Gasteiger partial charge is 0.300 e. The first-order chi connectivity index (χ1) is 7.65. The minimum atomic E-state index is -0.833. The average Bonchev–Trinajstić information content (AvgIpc) is 2.29. The third-order valence-corrected chi connectivity index (χ3v) is 1.62. The van der Waals surface area contributed by atoms with Gasteiger partial charge in [-0.2, -0.15) is 0 Å². The molecule has 1 N–H and O–H groups in total. The third kappa shape index (κ3) is 29.3. The van der Waals surface area contributed by atoms with Gasteiger partial charge in [-0.1, -0.05) is 75.9 Å². The number of rotatable bonds is 3. The molecule has 0 aliphatic rings. The molecule has 1 aromatic carbocycles. The van der Waals surface area contributed by atoms with Crippen LogP contribution in [0.5, 0.6) is 0 Å². The Bertz CT molecular complexity index is 185. The number of aliphatic carboxylic acids is 1. The van der Waals surface area contributed by atoms with Crippen molar-refractivity contribution >= 4 is 5.97 Å². The molecule has 0 saturated heterocycles. The summed E-state index contributed by atoms with van der Waals surface area (Å²) >= 11 is 0. The summed E-state index contributed by atoms with van der Waals surface area (Å²) in [5.74, 6) is -0.833. The standard InChI is InChI=1S/C6H6.C6H14.C2H4O2/c1-2-4-6-5-3-1;1-3-5-6-4-2;1-2(3)4/h1-6H;3-6H2,1-2H3;1H3,(H,3,4). The Labute approximate surface area is 99.3 Å². The molecule has 0 bridgehead atoms. The number of hydrogen-bond acceptors (Lipinski definition) is 1. The van der Waals surface area contributed by atoms with Gasteiger partial charge in [-0.25, -0.2) is 0 Å². The molecule has 0 unspecified atom stereocenters. The van der Waals surface area contributed by atoms with Crippen molar-refractivity contribution < 1.29 is 9.90 Å². The van der Waals surface area contributed by atoms with Crippen LogP contribution in [0.15, 0.2) is 36.4 Å². The maximum absolute atomic E-state index is 9.00. The van der Waals surface area contributed by atoms with E-state index in [0.717, 1.165) is 6.92 Å². The van der Waals surface area contributed by atoms with Crippen LogP contribution in [0.1, 0.15) is 46.5 Å². The molecule has 0 spiro atoms. The first-order valence-corrected chi connectivity index (χ1v) is 5.84. The van der Waals surface area contributed by atoms with Crippen molar-refractivity contribution in [3.8, 4) is 0 Å². The summed E-state index contributed by atoms with van der Waals surface area (Å²) in [6, 6.07) is 12.0. The molecular weight excluding hydrogens is 200 g/mol. The van der Waals surface area contributed by atoms with E-state index < -0.39 is 5.97 Å². The van der Waals surface area contributed by atoms with Crippen molar-refractivity contribution in [1.82, 2.24) is 0 Å². The number of hydrogen-bond donors (Lipinski definition) is 1. The summed E-state index contributed by atoms with van der Waals surface area (Å²) in [6.07, 6.45) is 5.54. The Kier molecular flexibility index (Phi) is 17.2. The fourth-order valence-electron chi connectivity index (χ4n) is 0.885. The lowest BCUT2D eigenvalue weighted by Gasteiger charge is -1.86. The van der Waals surface area contributed by atoms with E-state index in [2.05, 4.69) is 13.8 Å². The Morgan fingerprint density at radius 1 is 0.875 bits per heavy atom. The van der Waals surface area contributed by atoms with E-state index in [-0.39, 0.29) is 0 Å². The molecular formula is C14H24O2. The minimum absolute atomic E-state index is 0.833. The van der Waals surface area contributed by atoms with Crippen LogP contribution < -0.4 is 0 Å². The van der Waals surface area contributed by atoms with Gasteiger partial charge in [0.25, 0.3) is 5.97 Å². The van der Waals surface area contributed by atoms with Gasteiger partial charge >= 0.3 is 0 Å². The lowest BCUT2D eigenvalue weighted by Crippen LogP contribution is -1.78. The lowest BCUT2D eigenvalue weighted by molar-refractivity contribution is -0.134. The zero-order valence-corrected chi connectivity index (χ0v) is 10.6. The quantitative estimate of drug-likeness (QED) is 0.774. The van der Waals surface area contributed by atoms with E-state index in [1.54, 1.807) is 0 Å². The van der Waals surface area contributed by atoms with Crippen LogP contribution in [0.3, 0.4) is 0 Å². The van der Waals surface area contributed by atoms with Crippen molar-refractivity contribution in [2.45, 2.75) is 46.5 Å². The Morgan fingerprint density at radius 2 is 1.06 bits per heavy atom. The van der Waals surface area contributed by atoms with Crippen LogP contribution in [-0.4, -0.2) is 11.1 Å². The molecule has 1 aromatic rings. The van der Waals surface area contributed by atoms with E-state index in [0.29, 0.717) is 0 Å². The number of unbranched alkanes of at least 4 members (excludes halogenated alkanes) is 3.